The summed E-state index contributed by atoms with van der Waals surface area (Å²) >= 11 is 1.35. The number of hydrogen-bond donors (Lipinski definition) is 3. The number of thiophene rings is 1. The van der Waals surface area contributed by atoms with Gasteiger partial charge in [-0.2, -0.15) is 0 Å². The Morgan fingerprint density at radius 2 is 2.21 bits per heavy atom. The van der Waals surface area contributed by atoms with E-state index in [4.69, 9.17) is 15.2 Å². The fourth-order valence-corrected chi connectivity index (χ4v) is 4.19. The third-order valence-corrected chi connectivity index (χ3v) is 5.40. The Morgan fingerprint density at radius 1 is 1.42 bits per heavy atom. The van der Waals surface area contributed by atoms with Crippen molar-refractivity contribution in [1.82, 2.24) is 5.32 Å². The molecule has 132 valence electrons. The monoisotopic (exact) mass is 353 g/mol. The predicted octanol–water partition coefficient (Wildman–Crippen LogP) is 2.00. The highest BCUT2D eigenvalue weighted by Gasteiger charge is 2.33. The van der Waals surface area contributed by atoms with E-state index >= 15 is 0 Å². The van der Waals surface area contributed by atoms with Gasteiger partial charge in [-0.1, -0.05) is 0 Å². The zero-order valence-electron chi connectivity index (χ0n) is 13.9. The van der Waals surface area contributed by atoms with Crippen molar-refractivity contribution in [1.29, 1.82) is 0 Å². The van der Waals surface area contributed by atoms with Gasteiger partial charge in [0, 0.05) is 24.4 Å². The average molecular weight is 353 g/mol. The smallest absolute Gasteiger partial charge is 0.319 e. The summed E-state index contributed by atoms with van der Waals surface area (Å²) in [7, 11) is 0. The molecule has 0 spiro atoms. The summed E-state index contributed by atoms with van der Waals surface area (Å²) in [4.78, 5) is 25.0. The molecule has 2 aliphatic heterocycles. The molecule has 7 nitrogen and oxygen atoms in total. The Balaban J connectivity index is 1.72. The van der Waals surface area contributed by atoms with Gasteiger partial charge < -0.3 is 20.5 Å². The van der Waals surface area contributed by atoms with E-state index in [2.05, 4.69) is 10.6 Å². The first kappa shape index (κ1) is 17.2. The summed E-state index contributed by atoms with van der Waals surface area (Å²) in [6.07, 6.45) is 2.63. The highest BCUT2D eigenvalue weighted by atomic mass is 32.1. The van der Waals surface area contributed by atoms with Gasteiger partial charge in [-0.3, -0.25) is 10.1 Å². The Hall–Kier alpha value is -1.64. The van der Waals surface area contributed by atoms with E-state index in [9.17, 15) is 9.59 Å². The van der Waals surface area contributed by atoms with Gasteiger partial charge in [0.15, 0.2) is 0 Å². The molecule has 2 aliphatic rings. The van der Waals surface area contributed by atoms with Gasteiger partial charge in [0.1, 0.15) is 5.00 Å². The van der Waals surface area contributed by atoms with Crippen LogP contribution in [0, 0.1) is 0 Å². The van der Waals surface area contributed by atoms with Crippen molar-refractivity contribution >= 4 is 28.3 Å². The van der Waals surface area contributed by atoms with Gasteiger partial charge in [-0.15, -0.1) is 11.3 Å². The van der Waals surface area contributed by atoms with E-state index < -0.39 is 5.91 Å². The predicted molar refractivity (Wildman–Crippen MR) is 91.4 cm³/mol. The van der Waals surface area contributed by atoms with Crippen molar-refractivity contribution in [2.24, 2.45) is 5.73 Å². The largest absolute Gasteiger partial charge is 0.376 e. The third-order valence-electron chi connectivity index (χ3n) is 4.27. The van der Waals surface area contributed by atoms with Gasteiger partial charge in [0.05, 0.1) is 23.9 Å². The molecular weight excluding hydrogens is 330 g/mol. The number of nitrogens with one attached hydrogen (secondary N) is 2. The third kappa shape index (κ3) is 3.71. The number of fused-ring (bicyclic) bond motifs is 1. The Kier molecular flexibility index (Phi) is 4.80. The molecule has 1 atom stereocenters. The van der Waals surface area contributed by atoms with Crippen LogP contribution in [-0.2, 0) is 22.5 Å². The molecule has 0 aromatic carbocycles. The topological polar surface area (TPSA) is 103 Å². The lowest BCUT2D eigenvalue weighted by Crippen LogP contribution is -2.35. The number of nitrogens with two attached hydrogens (primary N) is 1. The summed E-state index contributed by atoms with van der Waals surface area (Å²) < 4.78 is 11.2. The molecule has 3 rings (SSSR count). The Labute approximate surface area is 144 Å². The number of rotatable bonds is 4. The molecule has 4 N–H and O–H groups in total. The number of anilines is 1. The summed E-state index contributed by atoms with van der Waals surface area (Å²) in [5, 5.41) is 6.03. The highest BCUT2D eigenvalue weighted by molar-refractivity contribution is 7.17. The van der Waals surface area contributed by atoms with E-state index in [1.54, 1.807) is 0 Å². The Morgan fingerprint density at radius 3 is 2.88 bits per heavy atom. The van der Waals surface area contributed by atoms with Gasteiger partial charge in [-0.25, -0.2) is 4.79 Å². The molecule has 3 heterocycles. The lowest BCUT2D eigenvalue weighted by molar-refractivity contribution is -0.0383. The molecule has 8 heteroatoms. The molecule has 1 saturated heterocycles. The number of carbonyl (C=O) groups excluding carboxylic acids is 2. The summed E-state index contributed by atoms with van der Waals surface area (Å²) in [6.45, 7) is 5.57. The van der Waals surface area contributed by atoms with Crippen LogP contribution >= 0.6 is 11.3 Å². The number of hydrogen-bond acceptors (Lipinski definition) is 5. The zero-order chi connectivity index (χ0) is 17.3. The highest BCUT2D eigenvalue weighted by Crippen LogP contribution is 2.40. The van der Waals surface area contributed by atoms with Crippen LogP contribution in [0.5, 0.6) is 0 Å². The number of primary amides is 1. The van der Waals surface area contributed by atoms with Crippen LogP contribution in [0.25, 0.3) is 0 Å². The maximum absolute atomic E-state index is 12.1. The van der Waals surface area contributed by atoms with E-state index in [1.165, 1.54) is 11.3 Å². The van der Waals surface area contributed by atoms with Gasteiger partial charge in [-0.05, 0) is 32.3 Å². The average Bonchev–Trinajstić information content (AvgIpc) is 3.11. The van der Waals surface area contributed by atoms with Crippen LogP contribution in [0.4, 0.5) is 9.80 Å². The number of urea groups is 1. The van der Waals surface area contributed by atoms with Crippen LogP contribution in [0.2, 0.25) is 0 Å². The minimum atomic E-state index is -0.528. The molecule has 0 bridgehead atoms. The van der Waals surface area contributed by atoms with Crippen LogP contribution in [0.1, 0.15) is 47.5 Å². The summed E-state index contributed by atoms with van der Waals surface area (Å²) in [5.74, 6) is -0.528. The second-order valence-corrected chi connectivity index (χ2v) is 7.87. The van der Waals surface area contributed by atoms with E-state index in [0.29, 0.717) is 30.1 Å². The lowest BCUT2D eigenvalue weighted by atomic mass is 9.93. The molecule has 3 amide bonds. The minimum absolute atomic E-state index is 0.0668. The van der Waals surface area contributed by atoms with Crippen molar-refractivity contribution < 1.29 is 19.1 Å². The quantitative estimate of drug-likeness (QED) is 0.770. The van der Waals surface area contributed by atoms with Crippen molar-refractivity contribution in [2.75, 3.05) is 18.5 Å². The molecule has 24 heavy (non-hydrogen) atoms. The maximum Gasteiger partial charge on any atom is 0.319 e. The van der Waals surface area contributed by atoms with E-state index in [1.807, 2.05) is 13.8 Å². The summed E-state index contributed by atoms with van der Waals surface area (Å²) in [6, 6.07) is -0.355. The standard InChI is InChI=1S/C16H23N3O4S/c1-16(2)6-10-11(8-23-16)24-14(12(10)13(17)20)19-15(21)18-7-9-4-3-5-22-9/h9H,3-8H2,1-2H3,(H2,17,20)(H2,18,19,21)/t9-/m0/s1. The zero-order valence-corrected chi connectivity index (χ0v) is 14.8. The van der Waals surface area contributed by atoms with Crippen molar-refractivity contribution in [3.8, 4) is 0 Å². The minimum Gasteiger partial charge on any atom is -0.376 e. The first-order chi connectivity index (χ1) is 11.4. The number of ether oxygens (including phenoxy) is 2. The van der Waals surface area contributed by atoms with Crippen LogP contribution in [-0.4, -0.2) is 36.8 Å². The normalized spacial score (nSPS) is 22.0. The second-order valence-electron chi connectivity index (χ2n) is 6.77. The maximum atomic E-state index is 12.1. The van der Waals surface area contributed by atoms with Gasteiger partial charge in [0.25, 0.3) is 5.91 Å². The molecule has 0 radical (unpaired) electrons. The summed E-state index contributed by atoms with van der Waals surface area (Å²) in [5.41, 5.74) is 6.50. The molecular formula is C16H23N3O4S. The first-order valence-corrected chi connectivity index (χ1v) is 8.92. The molecule has 0 unspecified atom stereocenters. The van der Waals surface area contributed by atoms with Gasteiger partial charge >= 0.3 is 6.03 Å². The molecule has 0 aliphatic carbocycles. The molecule has 1 fully saturated rings. The van der Waals surface area contributed by atoms with Crippen LogP contribution < -0.4 is 16.4 Å². The van der Waals surface area contributed by atoms with Gasteiger partial charge in [0.2, 0.25) is 0 Å². The molecule has 0 saturated carbocycles. The second kappa shape index (κ2) is 6.70. The number of amides is 3. The fraction of sp³-hybridized carbons (Fsp3) is 0.625. The van der Waals surface area contributed by atoms with Crippen molar-refractivity contribution in [2.45, 2.75) is 51.4 Å². The van der Waals surface area contributed by atoms with E-state index in [0.717, 1.165) is 29.9 Å². The molecule has 1 aromatic rings. The fourth-order valence-electron chi connectivity index (χ4n) is 3.06. The first-order valence-electron chi connectivity index (χ1n) is 8.10. The Bertz CT molecular complexity index is 650. The van der Waals surface area contributed by atoms with Crippen LogP contribution in [0.3, 0.4) is 0 Å². The van der Waals surface area contributed by atoms with Crippen molar-refractivity contribution in [3.63, 3.8) is 0 Å². The SMILES string of the molecule is CC1(C)Cc2c(sc(NC(=O)NC[C@@H]3CCCO3)c2C(N)=O)CO1. The lowest BCUT2D eigenvalue weighted by Gasteiger charge is -2.30. The number of carbonyl (C=O) groups is 2. The van der Waals surface area contributed by atoms with E-state index in [-0.39, 0.29) is 17.7 Å². The van der Waals surface area contributed by atoms with Crippen LogP contribution in [0.15, 0.2) is 0 Å². The molecule has 1 aromatic heterocycles. The van der Waals surface area contributed by atoms with Crippen molar-refractivity contribution in [3.05, 3.63) is 16.0 Å².